The Morgan fingerprint density at radius 2 is 1.95 bits per heavy atom. The molecule has 0 atom stereocenters. The summed E-state index contributed by atoms with van der Waals surface area (Å²) in [7, 11) is 0. The molecule has 3 rings (SSSR count). The van der Waals surface area contributed by atoms with Gasteiger partial charge in [0.25, 0.3) is 0 Å². The highest BCUT2D eigenvalue weighted by Gasteiger charge is 2.03. The van der Waals surface area contributed by atoms with Gasteiger partial charge in [0.15, 0.2) is 0 Å². The molecule has 0 bridgehead atoms. The Labute approximate surface area is 130 Å². The molecule has 0 unspecified atom stereocenters. The standard InChI is InChI=1S/C17H10N2O2S/c18-11-12-5-7-13(8-6-12)21-17(20)10-9-16-19-14-3-1-2-4-15(14)22-16/h1-10H/b10-9+. The first-order chi connectivity index (χ1) is 10.7. The van der Waals surface area contributed by atoms with Crippen molar-refractivity contribution in [3.05, 3.63) is 65.2 Å². The quantitative estimate of drug-likeness (QED) is 0.419. The average molecular weight is 306 g/mol. The van der Waals surface area contributed by atoms with Crippen LogP contribution in [0.2, 0.25) is 0 Å². The summed E-state index contributed by atoms with van der Waals surface area (Å²) in [6.07, 6.45) is 2.98. The van der Waals surface area contributed by atoms with E-state index in [-0.39, 0.29) is 0 Å². The molecule has 0 aliphatic heterocycles. The number of benzene rings is 2. The summed E-state index contributed by atoms with van der Waals surface area (Å²) in [6, 6.07) is 16.2. The van der Waals surface area contributed by atoms with Gasteiger partial charge in [-0.15, -0.1) is 11.3 Å². The molecule has 22 heavy (non-hydrogen) atoms. The van der Waals surface area contributed by atoms with Gasteiger partial charge in [0.1, 0.15) is 10.8 Å². The molecule has 0 spiro atoms. The van der Waals surface area contributed by atoms with Crippen LogP contribution in [-0.4, -0.2) is 11.0 Å². The first-order valence-corrected chi connectivity index (χ1v) is 7.32. The normalized spacial score (nSPS) is 10.7. The number of carbonyl (C=O) groups is 1. The van der Waals surface area contributed by atoms with E-state index in [1.807, 2.05) is 30.3 Å². The fourth-order valence-electron chi connectivity index (χ4n) is 1.85. The van der Waals surface area contributed by atoms with Crippen molar-refractivity contribution in [2.24, 2.45) is 0 Å². The van der Waals surface area contributed by atoms with Crippen molar-refractivity contribution < 1.29 is 9.53 Å². The summed E-state index contributed by atoms with van der Waals surface area (Å²) in [5.41, 5.74) is 1.43. The van der Waals surface area contributed by atoms with Crippen LogP contribution in [0, 0.1) is 11.3 Å². The van der Waals surface area contributed by atoms with Crippen LogP contribution in [0.25, 0.3) is 16.3 Å². The van der Waals surface area contributed by atoms with Gasteiger partial charge in [0, 0.05) is 6.08 Å². The predicted molar refractivity (Wildman–Crippen MR) is 85.4 cm³/mol. The van der Waals surface area contributed by atoms with Crippen molar-refractivity contribution in [1.29, 1.82) is 5.26 Å². The lowest BCUT2D eigenvalue weighted by Gasteiger charge is -2.00. The molecule has 2 aromatic carbocycles. The number of hydrogen-bond acceptors (Lipinski definition) is 5. The van der Waals surface area contributed by atoms with Crippen LogP contribution in [-0.2, 0) is 4.79 Å². The number of nitrogens with zero attached hydrogens (tertiary/aromatic N) is 2. The third kappa shape index (κ3) is 3.19. The van der Waals surface area contributed by atoms with Crippen LogP contribution in [0.1, 0.15) is 10.6 Å². The zero-order valence-corrected chi connectivity index (χ0v) is 12.2. The smallest absolute Gasteiger partial charge is 0.336 e. The molecule has 5 heteroatoms. The summed E-state index contributed by atoms with van der Waals surface area (Å²) >= 11 is 1.51. The second kappa shape index (κ2) is 6.20. The predicted octanol–water partition coefficient (Wildman–Crippen LogP) is 3.79. The number of carbonyl (C=O) groups excluding carboxylic acids is 1. The summed E-state index contributed by atoms with van der Waals surface area (Å²) in [5, 5.41) is 9.45. The van der Waals surface area contributed by atoms with E-state index in [0.717, 1.165) is 15.2 Å². The van der Waals surface area contributed by atoms with E-state index in [4.69, 9.17) is 10.00 Å². The van der Waals surface area contributed by atoms with Gasteiger partial charge in [-0.05, 0) is 42.5 Å². The van der Waals surface area contributed by atoms with Crippen molar-refractivity contribution >= 4 is 33.6 Å². The van der Waals surface area contributed by atoms with Crippen molar-refractivity contribution in [1.82, 2.24) is 4.98 Å². The Morgan fingerprint density at radius 3 is 2.68 bits per heavy atom. The van der Waals surface area contributed by atoms with Crippen LogP contribution in [0.4, 0.5) is 0 Å². The van der Waals surface area contributed by atoms with Gasteiger partial charge in [0.05, 0.1) is 21.8 Å². The maximum Gasteiger partial charge on any atom is 0.336 e. The third-order valence-electron chi connectivity index (χ3n) is 2.87. The Morgan fingerprint density at radius 1 is 1.18 bits per heavy atom. The molecule has 0 saturated carbocycles. The van der Waals surface area contributed by atoms with Crippen molar-refractivity contribution in [3.8, 4) is 11.8 Å². The van der Waals surface area contributed by atoms with Crippen LogP contribution in [0.3, 0.4) is 0 Å². The highest BCUT2D eigenvalue weighted by molar-refractivity contribution is 7.19. The zero-order valence-electron chi connectivity index (χ0n) is 11.4. The van der Waals surface area contributed by atoms with E-state index in [9.17, 15) is 4.79 Å². The third-order valence-corrected chi connectivity index (χ3v) is 3.88. The van der Waals surface area contributed by atoms with Crippen LogP contribution in [0.15, 0.2) is 54.6 Å². The van der Waals surface area contributed by atoms with Gasteiger partial charge in [-0.1, -0.05) is 12.1 Å². The van der Waals surface area contributed by atoms with E-state index in [0.29, 0.717) is 11.3 Å². The second-order valence-corrected chi connectivity index (χ2v) is 5.47. The number of rotatable bonds is 3. The molecular weight excluding hydrogens is 296 g/mol. The van der Waals surface area contributed by atoms with E-state index >= 15 is 0 Å². The molecule has 1 heterocycles. The number of thiazole rings is 1. The number of fused-ring (bicyclic) bond motifs is 1. The molecule has 0 fully saturated rings. The Bertz CT molecular complexity index is 856. The number of aromatic nitrogens is 1. The Balaban J connectivity index is 1.69. The first kappa shape index (κ1) is 14.0. The Hall–Kier alpha value is -2.97. The lowest BCUT2D eigenvalue weighted by Crippen LogP contribution is -2.03. The van der Waals surface area contributed by atoms with Crippen LogP contribution in [0.5, 0.6) is 5.75 Å². The first-order valence-electron chi connectivity index (χ1n) is 6.50. The van der Waals surface area contributed by atoms with Crippen molar-refractivity contribution in [2.45, 2.75) is 0 Å². The molecule has 1 aromatic heterocycles. The summed E-state index contributed by atoms with van der Waals surface area (Å²) in [5.74, 6) is -0.0816. The highest BCUT2D eigenvalue weighted by atomic mass is 32.1. The Kier molecular flexibility index (Phi) is 3.95. The maximum absolute atomic E-state index is 11.8. The molecule has 106 valence electrons. The molecule has 4 nitrogen and oxygen atoms in total. The highest BCUT2D eigenvalue weighted by Crippen LogP contribution is 2.22. The van der Waals surface area contributed by atoms with E-state index < -0.39 is 5.97 Å². The molecule has 3 aromatic rings. The monoisotopic (exact) mass is 306 g/mol. The van der Waals surface area contributed by atoms with Crippen LogP contribution < -0.4 is 4.74 Å². The molecule has 0 N–H and O–H groups in total. The fraction of sp³-hybridized carbons (Fsp3) is 0. The second-order valence-electron chi connectivity index (χ2n) is 4.41. The van der Waals surface area contributed by atoms with Gasteiger partial charge >= 0.3 is 5.97 Å². The van der Waals surface area contributed by atoms with Crippen LogP contribution >= 0.6 is 11.3 Å². The minimum absolute atomic E-state index is 0.401. The average Bonchev–Trinajstić information content (AvgIpc) is 2.96. The SMILES string of the molecule is N#Cc1ccc(OC(=O)/C=C/c2nc3ccccc3s2)cc1. The molecule has 0 amide bonds. The molecule has 0 aliphatic carbocycles. The van der Waals surface area contributed by atoms with E-state index in [1.165, 1.54) is 17.4 Å². The fourth-order valence-corrected chi connectivity index (χ4v) is 2.72. The zero-order chi connectivity index (χ0) is 15.4. The minimum atomic E-state index is -0.482. The topological polar surface area (TPSA) is 63.0 Å². The van der Waals surface area contributed by atoms with Gasteiger partial charge in [-0.2, -0.15) is 5.26 Å². The van der Waals surface area contributed by atoms with E-state index in [1.54, 1.807) is 30.3 Å². The molecule has 0 aliphatic rings. The molecule has 0 saturated heterocycles. The summed E-state index contributed by atoms with van der Waals surface area (Å²) < 4.78 is 6.22. The number of para-hydroxylation sites is 1. The molecule has 0 radical (unpaired) electrons. The van der Waals surface area contributed by atoms with Gasteiger partial charge in [-0.25, -0.2) is 9.78 Å². The number of esters is 1. The lowest BCUT2D eigenvalue weighted by atomic mass is 10.2. The summed E-state index contributed by atoms with van der Waals surface area (Å²) in [4.78, 5) is 16.2. The summed E-state index contributed by atoms with van der Waals surface area (Å²) in [6.45, 7) is 0. The largest absolute Gasteiger partial charge is 0.423 e. The van der Waals surface area contributed by atoms with Gasteiger partial charge < -0.3 is 4.74 Å². The number of ether oxygens (including phenoxy) is 1. The van der Waals surface area contributed by atoms with Crippen molar-refractivity contribution in [3.63, 3.8) is 0 Å². The molecular formula is C17H10N2O2S. The van der Waals surface area contributed by atoms with E-state index in [2.05, 4.69) is 4.98 Å². The number of nitriles is 1. The van der Waals surface area contributed by atoms with Gasteiger partial charge in [0.2, 0.25) is 0 Å². The lowest BCUT2D eigenvalue weighted by molar-refractivity contribution is -0.128. The maximum atomic E-state index is 11.8. The minimum Gasteiger partial charge on any atom is -0.423 e. The van der Waals surface area contributed by atoms with Crippen molar-refractivity contribution in [2.75, 3.05) is 0 Å². The van der Waals surface area contributed by atoms with Gasteiger partial charge in [-0.3, -0.25) is 0 Å². The number of hydrogen-bond donors (Lipinski definition) is 0.